The molecular formula is C10H11NO2. The molecule has 0 aliphatic carbocycles. The van der Waals surface area contributed by atoms with Gasteiger partial charge in [0.15, 0.2) is 0 Å². The van der Waals surface area contributed by atoms with Crippen molar-refractivity contribution in [3.63, 3.8) is 0 Å². The number of hydrogen-bond donors (Lipinski definition) is 2. The van der Waals surface area contributed by atoms with Crippen molar-refractivity contribution in [2.75, 3.05) is 0 Å². The van der Waals surface area contributed by atoms with Crippen LogP contribution in [0.25, 0.3) is 0 Å². The van der Waals surface area contributed by atoms with Crippen LogP contribution in [-0.2, 0) is 11.2 Å². The smallest absolute Gasteiger partial charge is 0.320 e. The molecule has 3 nitrogen and oxygen atoms in total. The van der Waals surface area contributed by atoms with Crippen LogP contribution in [0.2, 0.25) is 0 Å². The second-order valence-corrected chi connectivity index (χ2v) is 2.63. The third-order valence-corrected chi connectivity index (χ3v) is 1.62. The normalized spacial score (nSPS) is 11.5. The molecule has 0 heterocycles. The Kier molecular flexibility index (Phi) is 4.77. The fraction of sp³-hybridized carbons (Fsp3) is 0.200. The standard InChI is InChI=1S/C9H11NO2.C/c10-8(9(11)12)6-7-4-2-1-3-5-7;/h1-5,8H,6,10H2,(H,11,12);/t8-;/m0./s1. The van der Waals surface area contributed by atoms with Crippen LogP contribution in [0.5, 0.6) is 0 Å². The Balaban J connectivity index is 0.00000144. The van der Waals surface area contributed by atoms with Crippen molar-refractivity contribution in [1.82, 2.24) is 0 Å². The van der Waals surface area contributed by atoms with Crippen LogP contribution in [0.3, 0.4) is 0 Å². The van der Waals surface area contributed by atoms with Gasteiger partial charge in [-0.25, -0.2) is 0 Å². The second-order valence-electron chi connectivity index (χ2n) is 2.63. The molecule has 0 spiro atoms. The van der Waals surface area contributed by atoms with Crippen LogP contribution in [0.4, 0.5) is 0 Å². The first-order valence-corrected chi connectivity index (χ1v) is 3.72. The Bertz CT molecular complexity index is 259. The lowest BCUT2D eigenvalue weighted by molar-refractivity contribution is -0.138. The number of benzene rings is 1. The molecule has 68 valence electrons. The summed E-state index contributed by atoms with van der Waals surface area (Å²) < 4.78 is 0. The number of carboxylic acid groups (broad SMARTS) is 1. The molecule has 0 unspecified atom stereocenters. The number of hydrogen-bond acceptors (Lipinski definition) is 2. The highest BCUT2D eigenvalue weighted by Gasteiger charge is 2.10. The van der Waals surface area contributed by atoms with E-state index in [1.165, 1.54) is 0 Å². The zero-order valence-corrected chi connectivity index (χ0v) is 7.10. The van der Waals surface area contributed by atoms with Gasteiger partial charge in [-0.1, -0.05) is 30.3 Å². The van der Waals surface area contributed by atoms with Crippen LogP contribution < -0.4 is 5.73 Å². The average Bonchev–Trinajstić information content (AvgIpc) is 2.06. The maximum Gasteiger partial charge on any atom is 0.320 e. The Morgan fingerprint density at radius 2 is 1.92 bits per heavy atom. The molecule has 1 aromatic carbocycles. The van der Waals surface area contributed by atoms with Crippen molar-refractivity contribution >= 4 is 5.97 Å². The predicted molar refractivity (Wildman–Crippen MR) is 49.0 cm³/mol. The highest BCUT2D eigenvalue weighted by molar-refractivity contribution is 5.73. The van der Waals surface area contributed by atoms with Crippen molar-refractivity contribution in [1.29, 1.82) is 0 Å². The maximum atomic E-state index is 10.4. The molecule has 1 atom stereocenters. The molecule has 0 aliphatic heterocycles. The van der Waals surface area contributed by atoms with Crippen molar-refractivity contribution in [2.24, 2.45) is 5.73 Å². The summed E-state index contributed by atoms with van der Waals surface area (Å²) in [4.78, 5) is 10.4. The Labute approximate surface area is 78.2 Å². The Morgan fingerprint density at radius 3 is 2.38 bits per heavy atom. The van der Waals surface area contributed by atoms with Gasteiger partial charge in [0.05, 0.1) is 0 Å². The van der Waals surface area contributed by atoms with Gasteiger partial charge < -0.3 is 10.8 Å². The molecule has 13 heavy (non-hydrogen) atoms. The summed E-state index contributed by atoms with van der Waals surface area (Å²) in [5.41, 5.74) is 6.30. The summed E-state index contributed by atoms with van der Waals surface area (Å²) in [5.74, 6) is -0.959. The monoisotopic (exact) mass is 177 g/mol. The summed E-state index contributed by atoms with van der Waals surface area (Å²) in [5, 5.41) is 8.52. The van der Waals surface area contributed by atoms with Gasteiger partial charge in [0.2, 0.25) is 0 Å². The van der Waals surface area contributed by atoms with E-state index in [-0.39, 0.29) is 7.43 Å². The summed E-state index contributed by atoms with van der Waals surface area (Å²) in [6.07, 6.45) is 0.385. The van der Waals surface area contributed by atoms with Crippen LogP contribution in [0.1, 0.15) is 5.56 Å². The summed E-state index contributed by atoms with van der Waals surface area (Å²) >= 11 is 0. The highest BCUT2D eigenvalue weighted by Crippen LogP contribution is 2.01. The van der Waals surface area contributed by atoms with Gasteiger partial charge in [-0.15, -0.1) is 0 Å². The lowest BCUT2D eigenvalue weighted by Crippen LogP contribution is -2.32. The molecular weight excluding hydrogens is 166 g/mol. The van der Waals surface area contributed by atoms with Gasteiger partial charge in [0.25, 0.3) is 0 Å². The summed E-state index contributed by atoms with van der Waals surface area (Å²) in [7, 11) is 0. The van der Waals surface area contributed by atoms with E-state index < -0.39 is 12.0 Å². The second kappa shape index (κ2) is 5.32. The molecule has 0 bridgehead atoms. The molecule has 3 N–H and O–H groups in total. The fourth-order valence-electron chi connectivity index (χ4n) is 0.955. The van der Waals surface area contributed by atoms with E-state index in [2.05, 4.69) is 0 Å². The topological polar surface area (TPSA) is 63.3 Å². The molecule has 0 saturated carbocycles. The molecule has 1 rings (SSSR count). The van der Waals surface area contributed by atoms with Crippen molar-refractivity contribution in [3.8, 4) is 0 Å². The van der Waals surface area contributed by atoms with Gasteiger partial charge >= 0.3 is 5.97 Å². The minimum atomic E-state index is -0.959. The van der Waals surface area contributed by atoms with Crippen molar-refractivity contribution in [2.45, 2.75) is 12.5 Å². The molecule has 0 fully saturated rings. The van der Waals surface area contributed by atoms with E-state index in [1.54, 1.807) is 0 Å². The number of rotatable bonds is 3. The largest absolute Gasteiger partial charge is 0.480 e. The van der Waals surface area contributed by atoms with Crippen LogP contribution in [-0.4, -0.2) is 17.1 Å². The van der Waals surface area contributed by atoms with Gasteiger partial charge in [-0.3, -0.25) is 4.79 Å². The molecule has 3 heteroatoms. The molecule has 0 saturated heterocycles. The van der Waals surface area contributed by atoms with Gasteiger partial charge in [0, 0.05) is 7.43 Å². The van der Waals surface area contributed by atoms with Gasteiger partial charge in [-0.2, -0.15) is 0 Å². The summed E-state index contributed by atoms with van der Waals surface area (Å²) in [6.45, 7) is 0. The number of aliphatic carboxylic acids is 1. The van der Waals surface area contributed by atoms with Gasteiger partial charge in [0.1, 0.15) is 6.04 Å². The molecule has 0 aromatic heterocycles. The third-order valence-electron chi connectivity index (χ3n) is 1.62. The van der Waals surface area contributed by atoms with E-state index in [0.29, 0.717) is 6.42 Å². The number of nitrogens with two attached hydrogens (primary N) is 1. The quantitative estimate of drug-likeness (QED) is 0.715. The summed E-state index contributed by atoms with van der Waals surface area (Å²) in [6, 6.07) is 8.54. The number of carboxylic acids is 1. The van der Waals surface area contributed by atoms with E-state index in [9.17, 15) is 4.79 Å². The lowest BCUT2D eigenvalue weighted by atomic mass is 10.1. The molecule has 1 aromatic rings. The molecule has 0 amide bonds. The van der Waals surface area contributed by atoms with E-state index >= 15 is 0 Å². The fourth-order valence-corrected chi connectivity index (χ4v) is 0.955. The maximum absolute atomic E-state index is 10.4. The minimum absolute atomic E-state index is 0. The lowest BCUT2D eigenvalue weighted by Gasteiger charge is -2.04. The zero-order valence-electron chi connectivity index (χ0n) is 7.10. The molecule has 4 radical (unpaired) electrons. The highest BCUT2D eigenvalue weighted by atomic mass is 16.4. The number of carbonyl (C=O) groups is 1. The Morgan fingerprint density at radius 1 is 1.38 bits per heavy atom. The SMILES string of the molecule is N[C@@H](Cc1ccccc1)C(=O)O.[C]. The van der Waals surface area contributed by atoms with E-state index in [1.807, 2.05) is 30.3 Å². The van der Waals surface area contributed by atoms with Crippen LogP contribution in [0, 0.1) is 7.43 Å². The Hall–Kier alpha value is -1.35. The van der Waals surface area contributed by atoms with Crippen LogP contribution in [0.15, 0.2) is 30.3 Å². The van der Waals surface area contributed by atoms with Crippen molar-refractivity contribution < 1.29 is 9.90 Å². The first-order chi connectivity index (χ1) is 5.70. The average molecular weight is 177 g/mol. The predicted octanol–water partition coefficient (Wildman–Crippen LogP) is 0.722. The first kappa shape index (κ1) is 11.6. The van der Waals surface area contributed by atoms with E-state index in [0.717, 1.165) is 5.56 Å². The van der Waals surface area contributed by atoms with Crippen LogP contribution >= 0.6 is 0 Å². The zero-order chi connectivity index (χ0) is 8.97. The van der Waals surface area contributed by atoms with Crippen molar-refractivity contribution in [3.05, 3.63) is 43.3 Å². The minimum Gasteiger partial charge on any atom is -0.480 e. The first-order valence-electron chi connectivity index (χ1n) is 3.72. The molecule has 0 aliphatic rings. The van der Waals surface area contributed by atoms with E-state index in [4.69, 9.17) is 10.8 Å². The van der Waals surface area contributed by atoms with Gasteiger partial charge in [-0.05, 0) is 12.0 Å². The third kappa shape index (κ3) is 3.71.